The molecule has 2 aromatic rings. The average molecular weight is 371 g/mol. The molecule has 0 bridgehead atoms. The van der Waals surface area contributed by atoms with Gasteiger partial charge in [0, 0.05) is 32.7 Å². The lowest BCUT2D eigenvalue weighted by Crippen LogP contribution is -2.37. The van der Waals surface area contributed by atoms with Crippen LogP contribution in [0.3, 0.4) is 0 Å². The van der Waals surface area contributed by atoms with E-state index in [9.17, 15) is 14.9 Å². The molecule has 0 unspecified atom stereocenters. The predicted octanol–water partition coefficient (Wildman–Crippen LogP) is 2.14. The van der Waals surface area contributed by atoms with E-state index in [4.69, 9.17) is 0 Å². The van der Waals surface area contributed by atoms with Crippen molar-refractivity contribution in [2.45, 2.75) is 33.4 Å². The Kier molecular flexibility index (Phi) is 5.85. The molecule has 0 radical (unpaired) electrons. The van der Waals surface area contributed by atoms with E-state index in [1.165, 1.54) is 10.2 Å². The fourth-order valence-electron chi connectivity index (χ4n) is 3.55. The van der Waals surface area contributed by atoms with Gasteiger partial charge in [-0.3, -0.25) is 24.5 Å². The SMILES string of the molecule is Cc1nn(CC(=O)N2CCCN(Cc3ccccc3)CC2)c(C)c1[N+](=O)[O-]. The molecule has 27 heavy (non-hydrogen) atoms. The molecule has 3 rings (SSSR count). The van der Waals surface area contributed by atoms with E-state index in [-0.39, 0.29) is 18.1 Å². The van der Waals surface area contributed by atoms with Crippen molar-refractivity contribution in [3.8, 4) is 0 Å². The molecule has 2 heterocycles. The third kappa shape index (κ3) is 4.51. The van der Waals surface area contributed by atoms with Gasteiger partial charge in [0.25, 0.3) is 0 Å². The van der Waals surface area contributed by atoms with Crippen LogP contribution in [0.1, 0.15) is 23.4 Å². The van der Waals surface area contributed by atoms with Crippen LogP contribution in [-0.2, 0) is 17.9 Å². The monoisotopic (exact) mass is 371 g/mol. The summed E-state index contributed by atoms with van der Waals surface area (Å²) in [6, 6.07) is 10.3. The zero-order valence-electron chi connectivity index (χ0n) is 15.8. The summed E-state index contributed by atoms with van der Waals surface area (Å²) in [7, 11) is 0. The highest BCUT2D eigenvalue weighted by Gasteiger charge is 2.25. The number of carbonyl (C=O) groups is 1. The molecule has 1 aliphatic heterocycles. The Morgan fingerprint density at radius 1 is 1.15 bits per heavy atom. The van der Waals surface area contributed by atoms with Crippen LogP contribution >= 0.6 is 0 Å². The van der Waals surface area contributed by atoms with Gasteiger partial charge in [-0.25, -0.2) is 0 Å². The Labute approximate surface area is 158 Å². The van der Waals surface area contributed by atoms with Gasteiger partial charge >= 0.3 is 5.69 Å². The average Bonchev–Trinajstić information content (AvgIpc) is 2.79. The molecule has 8 nitrogen and oxygen atoms in total. The summed E-state index contributed by atoms with van der Waals surface area (Å²) in [4.78, 5) is 27.6. The first-order chi connectivity index (χ1) is 13.0. The minimum Gasteiger partial charge on any atom is -0.340 e. The maximum Gasteiger partial charge on any atom is 0.312 e. The Morgan fingerprint density at radius 3 is 2.56 bits per heavy atom. The van der Waals surface area contributed by atoms with E-state index in [1.54, 1.807) is 13.8 Å². The van der Waals surface area contributed by atoms with Gasteiger partial charge in [0.2, 0.25) is 5.91 Å². The van der Waals surface area contributed by atoms with Crippen molar-refractivity contribution < 1.29 is 9.72 Å². The van der Waals surface area contributed by atoms with Crippen LogP contribution < -0.4 is 0 Å². The van der Waals surface area contributed by atoms with Crippen LogP contribution in [0.25, 0.3) is 0 Å². The summed E-state index contributed by atoms with van der Waals surface area (Å²) in [6.45, 7) is 7.28. The Bertz CT molecular complexity index is 818. The molecular formula is C19H25N5O3. The van der Waals surface area contributed by atoms with E-state index in [1.807, 2.05) is 23.1 Å². The van der Waals surface area contributed by atoms with E-state index in [2.05, 4.69) is 22.1 Å². The number of amides is 1. The molecule has 1 aliphatic rings. The summed E-state index contributed by atoms with van der Waals surface area (Å²) in [5, 5.41) is 15.3. The second kappa shape index (κ2) is 8.30. The van der Waals surface area contributed by atoms with E-state index in [0.717, 1.165) is 26.1 Å². The van der Waals surface area contributed by atoms with E-state index in [0.29, 0.717) is 24.5 Å². The Balaban J connectivity index is 1.60. The largest absolute Gasteiger partial charge is 0.340 e. The number of aryl methyl sites for hydroxylation is 1. The molecule has 1 fully saturated rings. The van der Waals surface area contributed by atoms with Gasteiger partial charge in [0.1, 0.15) is 17.9 Å². The molecule has 1 aromatic heterocycles. The van der Waals surface area contributed by atoms with Crippen molar-refractivity contribution in [2.24, 2.45) is 0 Å². The lowest BCUT2D eigenvalue weighted by molar-refractivity contribution is -0.386. The van der Waals surface area contributed by atoms with Crippen LogP contribution in [0.2, 0.25) is 0 Å². The first-order valence-corrected chi connectivity index (χ1v) is 9.18. The Morgan fingerprint density at radius 2 is 1.89 bits per heavy atom. The fraction of sp³-hybridized carbons (Fsp3) is 0.474. The molecule has 0 saturated carbocycles. The topological polar surface area (TPSA) is 84.5 Å². The van der Waals surface area contributed by atoms with Crippen molar-refractivity contribution in [3.63, 3.8) is 0 Å². The summed E-state index contributed by atoms with van der Waals surface area (Å²) >= 11 is 0. The molecular weight excluding hydrogens is 346 g/mol. The molecule has 0 spiro atoms. The minimum atomic E-state index is -0.438. The molecule has 8 heteroatoms. The maximum absolute atomic E-state index is 12.7. The van der Waals surface area contributed by atoms with Crippen molar-refractivity contribution in [2.75, 3.05) is 26.2 Å². The van der Waals surface area contributed by atoms with Crippen LogP contribution in [0.15, 0.2) is 30.3 Å². The number of nitrogens with zero attached hydrogens (tertiary/aromatic N) is 5. The van der Waals surface area contributed by atoms with Gasteiger partial charge in [-0.1, -0.05) is 30.3 Å². The number of nitro groups is 1. The predicted molar refractivity (Wildman–Crippen MR) is 101 cm³/mol. The van der Waals surface area contributed by atoms with Crippen LogP contribution in [-0.4, -0.2) is 56.6 Å². The number of benzene rings is 1. The summed E-state index contributed by atoms with van der Waals surface area (Å²) in [6.07, 6.45) is 0.913. The third-order valence-electron chi connectivity index (χ3n) is 5.00. The number of rotatable bonds is 5. The van der Waals surface area contributed by atoms with Crippen molar-refractivity contribution in [3.05, 3.63) is 57.4 Å². The van der Waals surface area contributed by atoms with Crippen LogP contribution in [0, 0.1) is 24.0 Å². The molecule has 1 aromatic carbocycles. The van der Waals surface area contributed by atoms with Gasteiger partial charge in [-0.05, 0) is 25.8 Å². The van der Waals surface area contributed by atoms with Crippen molar-refractivity contribution >= 4 is 11.6 Å². The summed E-state index contributed by atoms with van der Waals surface area (Å²) in [5.41, 5.74) is 2.03. The van der Waals surface area contributed by atoms with Gasteiger partial charge < -0.3 is 4.90 Å². The van der Waals surface area contributed by atoms with Crippen LogP contribution in [0.4, 0.5) is 5.69 Å². The standard InChI is InChI=1S/C19H25N5O3/c1-15-19(24(26)27)16(2)23(20-15)14-18(25)22-10-6-9-21(11-12-22)13-17-7-4-3-5-8-17/h3-5,7-8H,6,9-14H2,1-2H3. The molecule has 144 valence electrons. The van der Waals surface area contributed by atoms with E-state index >= 15 is 0 Å². The number of hydrogen-bond donors (Lipinski definition) is 0. The zero-order chi connectivity index (χ0) is 19.4. The van der Waals surface area contributed by atoms with Gasteiger partial charge in [0.05, 0.1) is 4.92 Å². The highest BCUT2D eigenvalue weighted by molar-refractivity contribution is 5.76. The van der Waals surface area contributed by atoms with Crippen LogP contribution in [0.5, 0.6) is 0 Å². The first-order valence-electron chi connectivity index (χ1n) is 9.18. The zero-order valence-corrected chi connectivity index (χ0v) is 15.8. The molecule has 0 N–H and O–H groups in total. The molecule has 0 aliphatic carbocycles. The fourth-order valence-corrected chi connectivity index (χ4v) is 3.55. The van der Waals surface area contributed by atoms with Gasteiger partial charge in [-0.2, -0.15) is 5.10 Å². The number of carbonyl (C=O) groups excluding carboxylic acids is 1. The van der Waals surface area contributed by atoms with E-state index < -0.39 is 4.92 Å². The second-order valence-electron chi connectivity index (χ2n) is 6.93. The lowest BCUT2D eigenvalue weighted by atomic mass is 10.2. The minimum absolute atomic E-state index is 0.00676. The number of hydrogen-bond acceptors (Lipinski definition) is 5. The highest BCUT2D eigenvalue weighted by atomic mass is 16.6. The first kappa shape index (κ1) is 19.0. The Hall–Kier alpha value is -2.74. The maximum atomic E-state index is 12.7. The quantitative estimate of drug-likeness (QED) is 0.594. The summed E-state index contributed by atoms with van der Waals surface area (Å²) in [5.74, 6) is -0.0444. The lowest BCUT2D eigenvalue weighted by Gasteiger charge is -2.22. The highest BCUT2D eigenvalue weighted by Crippen LogP contribution is 2.22. The van der Waals surface area contributed by atoms with Gasteiger partial charge in [-0.15, -0.1) is 0 Å². The molecule has 0 atom stereocenters. The molecule has 1 saturated heterocycles. The number of aromatic nitrogens is 2. The normalized spacial score (nSPS) is 15.6. The van der Waals surface area contributed by atoms with Crippen molar-refractivity contribution in [1.82, 2.24) is 19.6 Å². The molecule has 1 amide bonds. The summed E-state index contributed by atoms with van der Waals surface area (Å²) < 4.78 is 1.45. The van der Waals surface area contributed by atoms with Crippen molar-refractivity contribution in [1.29, 1.82) is 0 Å². The second-order valence-corrected chi connectivity index (χ2v) is 6.93. The smallest absolute Gasteiger partial charge is 0.312 e. The third-order valence-corrected chi connectivity index (χ3v) is 5.00. The van der Waals surface area contributed by atoms with Gasteiger partial charge in [0.15, 0.2) is 0 Å².